The van der Waals surface area contributed by atoms with E-state index in [1.807, 2.05) is 25.3 Å². The van der Waals surface area contributed by atoms with Gasteiger partial charge in [0.15, 0.2) is 0 Å². The summed E-state index contributed by atoms with van der Waals surface area (Å²) >= 11 is 0. The van der Waals surface area contributed by atoms with Gasteiger partial charge in [0.05, 0.1) is 12.6 Å². The molecule has 1 aliphatic heterocycles. The summed E-state index contributed by atoms with van der Waals surface area (Å²) in [5, 5.41) is 9.88. The average molecular weight is 491 g/mol. The van der Waals surface area contributed by atoms with Crippen molar-refractivity contribution in [2.75, 3.05) is 26.7 Å². The number of carbonyl (C=O) groups excluding carboxylic acids is 1. The third-order valence-electron chi connectivity index (χ3n) is 7.21. The van der Waals surface area contributed by atoms with Gasteiger partial charge >= 0.3 is 0 Å². The number of hydrogen-bond acceptors (Lipinski definition) is 6. The van der Waals surface area contributed by atoms with Gasteiger partial charge in [-0.1, -0.05) is 44.1 Å². The molecule has 36 heavy (non-hydrogen) atoms. The lowest BCUT2D eigenvalue weighted by molar-refractivity contribution is 0.0325. The number of amides is 1. The van der Waals surface area contributed by atoms with Crippen LogP contribution < -0.4 is 4.74 Å². The van der Waals surface area contributed by atoms with Crippen LogP contribution in [-0.2, 0) is 6.54 Å². The predicted molar refractivity (Wildman–Crippen MR) is 139 cm³/mol. The Balaban J connectivity index is 1.59. The lowest BCUT2D eigenvalue weighted by Crippen LogP contribution is -2.49. The Kier molecular flexibility index (Phi) is 8.95. The molecule has 3 atom stereocenters. The molecule has 1 amide bonds. The largest absolute Gasteiger partial charge is 0.472 e. The number of likely N-dealkylation sites (N-methyl/N-ethyl adjacent to an activating group) is 1. The fourth-order valence-corrected chi connectivity index (χ4v) is 5.00. The summed E-state index contributed by atoms with van der Waals surface area (Å²) in [5.41, 5.74) is 2.27. The molecule has 7 heteroatoms. The Morgan fingerprint density at radius 1 is 1.28 bits per heavy atom. The zero-order valence-electron chi connectivity index (χ0n) is 21.7. The molecule has 2 aliphatic rings. The van der Waals surface area contributed by atoms with Gasteiger partial charge in [-0.25, -0.2) is 4.98 Å². The van der Waals surface area contributed by atoms with Crippen LogP contribution in [0.2, 0.25) is 0 Å². The summed E-state index contributed by atoms with van der Waals surface area (Å²) in [6.45, 7) is 5.75. The van der Waals surface area contributed by atoms with Crippen molar-refractivity contribution in [2.24, 2.45) is 11.8 Å². The second-order valence-corrected chi connectivity index (χ2v) is 10.4. The summed E-state index contributed by atoms with van der Waals surface area (Å²) in [4.78, 5) is 26.3. The van der Waals surface area contributed by atoms with Crippen LogP contribution in [-0.4, -0.2) is 69.7 Å². The molecule has 1 saturated carbocycles. The molecule has 7 nitrogen and oxygen atoms in total. The minimum Gasteiger partial charge on any atom is -0.472 e. The van der Waals surface area contributed by atoms with Crippen LogP contribution in [0.15, 0.2) is 36.8 Å². The van der Waals surface area contributed by atoms with Gasteiger partial charge in [0.2, 0.25) is 5.88 Å². The van der Waals surface area contributed by atoms with Crippen LogP contribution >= 0.6 is 0 Å². The van der Waals surface area contributed by atoms with Crippen molar-refractivity contribution >= 4 is 5.91 Å². The summed E-state index contributed by atoms with van der Waals surface area (Å²) in [6, 6.07) is 5.50. The minimum absolute atomic E-state index is 0.0417. The number of pyridine rings is 2. The number of rotatable bonds is 6. The van der Waals surface area contributed by atoms with Gasteiger partial charge < -0.3 is 14.7 Å². The number of ether oxygens (including phenoxy) is 1. The highest BCUT2D eigenvalue weighted by Crippen LogP contribution is 2.28. The fourth-order valence-electron chi connectivity index (χ4n) is 5.00. The van der Waals surface area contributed by atoms with Gasteiger partial charge in [-0.15, -0.1) is 0 Å². The zero-order chi connectivity index (χ0) is 25.5. The molecular formula is C29H38N4O3. The average Bonchev–Trinajstić information content (AvgIpc) is 2.90. The van der Waals surface area contributed by atoms with Crippen LogP contribution in [0.3, 0.4) is 0 Å². The maximum atomic E-state index is 13.6. The molecule has 2 aromatic rings. The van der Waals surface area contributed by atoms with Crippen molar-refractivity contribution in [1.82, 2.24) is 19.8 Å². The highest BCUT2D eigenvalue weighted by atomic mass is 16.5. The van der Waals surface area contributed by atoms with Crippen molar-refractivity contribution in [1.29, 1.82) is 0 Å². The van der Waals surface area contributed by atoms with E-state index in [0.29, 0.717) is 30.5 Å². The van der Waals surface area contributed by atoms with Crippen molar-refractivity contribution in [3.05, 3.63) is 53.5 Å². The van der Waals surface area contributed by atoms with E-state index in [0.717, 1.165) is 30.5 Å². The monoisotopic (exact) mass is 490 g/mol. The van der Waals surface area contributed by atoms with E-state index in [4.69, 9.17) is 4.74 Å². The number of carbonyl (C=O) groups is 1. The maximum Gasteiger partial charge on any atom is 0.259 e. The van der Waals surface area contributed by atoms with Crippen molar-refractivity contribution < 1.29 is 14.6 Å². The highest BCUT2D eigenvalue weighted by molar-refractivity contribution is 5.97. The summed E-state index contributed by atoms with van der Waals surface area (Å²) in [7, 11) is 2.05. The molecule has 0 aromatic carbocycles. The molecule has 1 aliphatic carbocycles. The Bertz CT molecular complexity index is 1070. The standard InChI is InChI=1S/C29H38N4O3/c1-21-17-33(22(2)20-34)29(35)26-14-24(12-11-23-8-5-4-6-9-23)16-31-28(26)36-27(21)19-32(3)18-25-10-7-13-30-15-25/h7,10,13-16,21-23,27,34H,4-6,8-9,17-20H2,1-3H3/t21-,22-,27-/m1/s1. The number of nitrogens with zero attached hydrogens (tertiary/aromatic N) is 4. The number of aliphatic hydroxyl groups is 1. The van der Waals surface area contributed by atoms with Crippen LogP contribution in [0.1, 0.15) is 67.4 Å². The topological polar surface area (TPSA) is 78.8 Å². The smallest absolute Gasteiger partial charge is 0.259 e. The maximum absolute atomic E-state index is 13.6. The summed E-state index contributed by atoms with van der Waals surface area (Å²) < 4.78 is 6.41. The fraction of sp³-hybridized carbons (Fsp3) is 0.552. The number of hydrogen-bond donors (Lipinski definition) is 1. The molecule has 192 valence electrons. The van der Waals surface area contributed by atoms with Crippen LogP contribution in [0, 0.1) is 23.7 Å². The zero-order valence-corrected chi connectivity index (χ0v) is 21.7. The SMILES string of the molecule is C[C@@H]1CN([C@H](C)CO)C(=O)c2cc(C#CC3CCCCC3)cnc2O[C@@H]1CN(C)Cc1cccnc1. The van der Waals surface area contributed by atoms with E-state index >= 15 is 0 Å². The Hall–Kier alpha value is -2.95. The predicted octanol–water partition coefficient (Wildman–Crippen LogP) is 3.76. The summed E-state index contributed by atoms with van der Waals surface area (Å²) in [6.07, 6.45) is 11.2. The molecule has 0 saturated heterocycles. The van der Waals surface area contributed by atoms with E-state index in [1.54, 1.807) is 17.3 Å². The lowest BCUT2D eigenvalue weighted by Gasteiger charge is -2.37. The van der Waals surface area contributed by atoms with Crippen molar-refractivity contribution in [2.45, 2.75) is 64.6 Å². The molecule has 0 spiro atoms. The minimum atomic E-state index is -0.309. The second-order valence-electron chi connectivity index (χ2n) is 10.4. The number of aliphatic hydroxyl groups excluding tert-OH is 1. The molecule has 1 N–H and O–H groups in total. The Morgan fingerprint density at radius 3 is 2.81 bits per heavy atom. The third kappa shape index (κ3) is 6.63. The molecule has 0 radical (unpaired) electrons. The molecule has 0 bridgehead atoms. The molecule has 3 heterocycles. The third-order valence-corrected chi connectivity index (χ3v) is 7.21. The first-order chi connectivity index (χ1) is 17.4. The van der Waals surface area contributed by atoms with E-state index in [1.165, 1.54) is 19.3 Å². The van der Waals surface area contributed by atoms with E-state index in [2.05, 4.69) is 46.7 Å². The molecule has 2 aromatic heterocycles. The van der Waals surface area contributed by atoms with Crippen LogP contribution in [0.25, 0.3) is 0 Å². The van der Waals surface area contributed by atoms with Crippen LogP contribution in [0.4, 0.5) is 0 Å². The normalized spacial score (nSPS) is 21.6. The van der Waals surface area contributed by atoms with Gasteiger partial charge in [0.25, 0.3) is 5.91 Å². The van der Waals surface area contributed by atoms with Crippen LogP contribution in [0.5, 0.6) is 5.88 Å². The van der Waals surface area contributed by atoms with E-state index in [-0.39, 0.29) is 30.6 Å². The molecule has 4 rings (SSSR count). The van der Waals surface area contributed by atoms with Crippen molar-refractivity contribution in [3.8, 4) is 17.7 Å². The van der Waals surface area contributed by atoms with E-state index < -0.39 is 0 Å². The van der Waals surface area contributed by atoms with Gasteiger partial charge in [0.1, 0.15) is 11.7 Å². The highest BCUT2D eigenvalue weighted by Gasteiger charge is 2.34. The number of fused-ring (bicyclic) bond motifs is 1. The van der Waals surface area contributed by atoms with Gasteiger partial charge in [0, 0.05) is 55.6 Å². The quantitative estimate of drug-likeness (QED) is 0.622. The second kappa shape index (κ2) is 12.3. The lowest BCUT2D eigenvalue weighted by atomic mass is 9.90. The first-order valence-electron chi connectivity index (χ1n) is 13.1. The number of aromatic nitrogens is 2. The van der Waals surface area contributed by atoms with Gasteiger partial charge in [-0.05, 0) is 44.5 Å². The first-order valence-corrected chi connectivity index (χ1v) is 13.1. The van der Waals surface area contributed by atoms with Gasteiger partial charge in [-0.2, -0.15) is 0 Å². The Labute approximate surface area is 214 Å². The molecular weight excluding hydrogens is 452 g/mol. The molecule has 0 unspecified atom stereocenters. The first kappa shape index (κ1) is 26.1. The van der Waals surface area contributed by atoms with Crippen molar-refractivity contribution in [3.63, 3.8) is 0 Å². The summed E-state index contributed by atoms with van der Waals surface area (Å²) in [5.74, 6) is 7.27. The Morgan fingerprint density at radius 2 is 2.08 bits per heavy atom. The molecule has 1 fully saturated rings. The van der Waals surface area contributed by atoms with Gasteiger partial charge in [-0.3, -0.25) is 14.7 Å². The van der Waals surface area contributed by atoms with E-state index in [9.17, 15) is 9.90 Å².